The van der Waals surface area contributed by atoms with Crippen molar-refractivity contribution in [1.29, 1.82) is 0 Å². The minimum Gasteiger partial charge on any atom is -0.347 e. The first-order valence-corrected chi connectivity index (χ1v) is 9.63. The van der Waals surface area contributed by atoms with Crippen LogP contribution in [0.25, 0.3) is 0 Å². The second kappa shape index (κ2) is 10.5. The summed E-state index contributed by atoms with van der Waals surface area (Å²) in [4.78, 5) is 35.7. The second-order valence-electron chi connectivity index (χ2n) is 7.08. The lowest BCUT2D eigenvalue weighted by Crippen LogP contribution is -2.44. The van der Waals surface area contributed by atoms with Gasteiger partial charge in [0.05, 0.1) is 6.54 Å². The largest absolute Gasteiger partial charge is 0.347 e. The minimum absolute atomic E-state index is 0.0964. The molecular weight excluding hydrogens is 344 g/mol. The van der Waals surface area contributed by atoms with Gasteiger partial charge in [-0.15, -0.1) is 0 Å². The van der Waals surface area contributed by atoms with Gasteiger partial charge >= 0.3 is 6.03 Å². The van der Waals surface area contributed by atoms with Crippen molar-refractivity contribution in [3.05, 3.63) is 29.3 Å². The molecule has 1 aliphatic carbocycles. The fourth-order valence-corrected chi connectivity index (χ4v) is 3.24. The monoisotopic (exact) mass is 374 g/mol. The van der Waals surface area contributed by atoms with Crippen LogP contribution in [-0.2, 0) is 9.59 Å². The van der Waals surface area contributed by atoms with Gasteiger partial charge < -0.3 is 21.3 Å². The summed E-state index contributed by atoms with van der Waals surface area (Å²) < 4.78 is 0. The van der Waals surface area contributed by atoms with Crippen LogP contribution < -0.4 is 21.3 Å². The van der Waals surface area contributed by atoms with Crippen molar-refractivity contribution in [1.82, 2.24) is 16.0 Å². The van der Waals surface area contributed by atoms with Gasteiger partial charge in [-0.05, 0) is 37.8 Å². The van der Waals surface area contributed by atoms with Crippen LogP contribution in [0.5, 0.6) is 0 Å². The normalized spacial score (nSPS) is 14.3. The Morgan fingerprint density at radius 3 is 2.30 bits per heavy atom. The maximum absolute atomic E-state index is 12.0. The van der Waals surface area contributed by atoms with Crippen molar-refractivity contribution in [3.8, 4) is 0 Å². The summed E-state index contributed by atoms with van der Waals surface area (Å²) in [5.41, 5.74) is 2.73. The van der Waals surface area contributed by atoms with E-state index in [1.807, 2.05) is 32.0 Å². The number of hydrogen-bond donors (Lipinski definition) is 4. The molecule has 0 radical (unpaired) electrons. The third-order valence-corrected chi connectivity index (χ3v) is 4.77. The lowest BCUT2D eigenvalue weighted by atomic mass is 9.96. The Balaban J connectivity index is 1.61. The highest BCUT2D eigenvalue weighted by Gasteiger charge is 2.15. The maximum atomic E-state index is 12.0. The first-order chi connectivity index (χ1) is 13.0. The molecule has 0 spiro atoms. The standard InChI is InChI=1S/C20H30N4O3/c1-14-7-6-8-15(2)19(14)24-18(26)13-22-17(25)11-12-21-20(27)23-16-9-4-3-5-10-16/h6-8,16H,3-5,9-13H2,1-2H3,(H,22,25)(H,24,26)(H2,21,23,27). The van der Waals surface area contributed by atoms with Gasteiger partial charge in [-0.25, -0.2) is 4.79 Å². The number of carbonyl (C=O) groups excluding carboxylic acids is 3. The quantitative estimate of drug-likeness (QED) is 0.590. The van der Waals surface area contributed by atoms with E-state index in [9.17, 15) is 14.4 Å². The number of hydrogen-bond acceptors (Lipinski definition) is 3. The summed E-state index contributed by atoms with van der Waals surface area (Å²) in [6.45, 7) is 3.99. The Labute approximate surface area is 160 Å². The van der Waals surface area contributed by atoms with E-state index < -0.39 is 0 Å². The lowest BCUT2D eigenvalue weighted by Gasteiger charge is -2.22. The van der Waals surface area contributed by atoms with Gasteiger partial charge in [-0.1, -0.05) is 37.5 Å². The average molecular weight is 374 g/mol. The highest BCUT2D eigenvalue weighted by atomic mass is 16.2. The number of anilines is 1. The topological polar surface area (TPSA) is 99.3 Å². The molecular formula is C20H30N4O3. The second-order valence-corrected chi connectivity index (χ2v) is 7.08. The van der Waals surface area contributed by atoms with Crippen molar-refractivity contribution < 1.29 is 14.4 Å². The van der Waals surface area contributed by atoms with Gasteiger partial charge in [0.1, 0.15) is 0 Å². The molecule has 27 heavy (non-hydrogen) atoms. The van der Waals surface area contributed by atoms with E-state index in [-0.39, 0.29) is 43.4 Å². The Bertz CT molecular complexity index is 649. The zero-order chi connectivity index (χ0) is 19.6. The Morgan fingerprint density at radius 1 is 0.963 bits per heavy atom. The van der Waals surface area contributed by atoms with Gasteiger partial charge in [0.25, 0.3) is 0 Å². The summed E-state index contributed by atoms with van der Waals surface area (Å²) in [6, 6.07) is 5.78. The summed E-state index contributed by atoms with van der Waals surface area (Å²) in [6.07, 6.45) is 5.70. The van der Waals surface area contributed by atoms with E-state index in [4.69, 9.17) is 0 Å². The summed E-state index contributed by atoms with van der Waals surface area (Å²) in [5, 5.41) is 11.0. The SMILES string of the molecule is Cc1cccc(C)c1NC(=O)CNC(=O)CCNC(=O)NC1CCCCC1. The summed E-state index contributed by atoms with van der Waals surface area (Å²) in [5.74, 6) is -0.548. The summed E-state index contributed by atoms with van der Waals surface area (Å²) >= 11 is 0. The van der Waals surface area contributed by atoms with Gasteiger partial charge in [-0.3, -0.25) is 9.59 Å². The molecule has 1 aromatic rings. The molecule has 148 valence electrons. The molecule has 0 heterocycles. The molecule has 1 fully saturated rings. The van der Waals surface area contributed by atoms with Crippen molar-refractivity contribution in [2.75, 3.05) is 18.4 Å². The molecule has 1 saturated carbocycles. The van der Waals surface area contributed by atoms with E-state index in [0.717, 1.165) is 42.5 Å². The van der Waals surface area contributed by atoms with Gasteiger partial charge in [0.15, 0.2) is 0 Å². The molecule has 0 aliphatic heterocycles. The summed E-state index contributed by atoms with van der Waals surface area (Å²) in [7, 11) is 0. The van der Waals surface area contributed by atoms with Crippen molar-refractivity contribution in [2.45, 2.75) is 58.4 Å². The molecule has 4 amide bonds. The van der Waals surface area contributed by atoms with E-state index >= 15 is 0 Å². The Morgan fingerprint density at radius 2 is 1.63 bits per heavy atom. The average Bonchev–Trinajstić information content (AvgIpc) is 2.64. The van der Waals surface area contributed by atoms with E-state index in [1.165, 1.54) is 6.42 Å². The number of para-hydroxylation sites is 1. The lowest BCUT2D eigenvalue weighted by molar-refractivity contribution is -0.124. The predicted molar refractivity (Wildman–Crippen MR) is 106 cm³/mol. The maximum Gasteiger partial charge on any atom is 0.315 e. The molecule has 0 unspecified atom stereocenters. The number of rotatable bonds is 7. The van der Waals surface area contributed by atoms with E-state index in [0.29, 0.717) is 0 Å². The highest BCUT2D eigenvalue weighted by Crippen LogP contribution is 2.19. The fourth-order valence-electron chi connectivity index (χ4n) is 3.24. The zero-order valence-electron chi connectivity index (χ0n) is 16.2. The number of carbonyl (C=O) groups is 3. The molecule has 1 aromatic carbocycles. The van der Waals surface area contributed by atoms with Crippen LogP contribution in [-0.4, -0.2) is 37.0 Å². The van der Waals surface area contributed by atoms with Crippen molar-refractivity contribution in [3.63, 3.8) is 0 Å². The molecule has 7 heteroatoms. The highest BCUT2D eigenvalue weighted by molar-refractivity contribution is 5.95. The number of benzene rings is 1. The smallest absolute Gasteiger partial charge is 0.315 e. The molecule has 0 bridgehead atoms. The third-order valence-electron chi connectivity index (χ3n) is 4.77. The predicted octanol–water partition coefficient (Wildman–Crippen LogP) is 2.38. The third kappa shape index (κ3) is 7.29. The van der Waals surface area contributed by atoms with Gasteiger partial charge in [0, 0.05) is 24.7 Å². The minimum atomic E-state index is -0.274. The molecule has 2 rings (SSSR count). The van der Waals surface area contributed by atoms with Crippen LogP contribution in [0.1, 0.15) is 49.7 Å². The zero-order valence-corrected chi connectivity index (χ0v) is 16.2. The Kier molecular flexibility index (Phi) is 8.10. The van der Waals surface area contributed by atoms with E-state index in [1.54, 1.807) is 0 Å². The first-order valence-electron chi connectivity index (χ1n) is 9.63. The molecule has 0 saturated heterocycles. The van der Waals surface area contributed by atoms with Crippen LogP contribution >= 0.6 is 0 Å². The van der Waals surface area contributed by atoms with Gasteiger partial charge in [0.2, 0.25) is 11.8 Å². The van der Waals surface area contributed by atoms with Crippen LogP contribution in [0, 0.1) is 13.8 Å². The number of urea groups is 1. The molecule has 4 N–H and O–H groups in total. The Hall–Kier alpha value is -2.57. The first kappa shape index (κ1) is 20.7. The van der Waals surface area contributed by atoms with Crippen LogP contribution in [0.3, 0.4) is 0 Å². The van der Waals surface area contributed by atoms with E-state index in [2.05, 4.69) is 21.3 Å². The van der Waals surface area contributed by atoms with Crippen LogP contribution in [0.2, 0.25) is 0 Å². The molecule has 0 atom stereocenters. The molecule has 1 aliphatic rings. The molecule has 0 aromatic heterocycles. The van der Waals surface area contributed by atoms with Crippen LogP contribution in [0.15, 0.2) is 18.2 Å². The number of amides is 4. The van der Waals surface area contributed by atoms with Crippen molar-refractivity contribution >= 4 is 23.5 Å². The number of aryl methyl sites for hydroxylation is 2. The van der Waals surface area contributed by atoms with Crippen LogP contribution in [0.4, 0.5) is 10.5 Å². The number of nitrogens with one attached hydrogen (secondary N) is 4. The fraction of sp³-hybridized carbons (Fsp3) is 0.550. The van der Waals surface area contributed by atoms with Gasteiger partial charge in [-0.2, -0.15) is 0 Å². The molecule has 7 nitrogen and oxygen atoms in total. The van der Waals surface area contributed by atoms with Crippen molar-refractivity contribution in [2.24, 2.45) is 0 Å².